The number of nitrogens with zero attached hydrogens (tertiary/aromatic N) is 3. The molecule has 0 saturated carbocycles. The van der Waals surface area contributed by atoms with Gasteiger partial charge < -0.3 is 10.3 Å². The van der Waals surface area contributed by atoms with Gasteiger partial charge in [0.05, 0.1) is 29.0 Å². The summed E-state index contributed by atoms with van der Waals surface area (Å²) in [4.78, 5) is 20.3. The Labute approximate surface area is 159 Å². The first-order chi connectivity index (χ1) is 13.2. The van der Waals surface area contributed by atoms with Gasteiger partial charge in [-0.05, 0) is 36.1 Å². The van der Waals surface area contributed by atoms with Crippen LogP contribution in [0.5, 0.6) is 0 Å². The summed E-state index contributed by atoms with van der Waals surface area (Å²) >= 11 is 6.38. The van der Waals surface area contributed by atoms with E-state index in [1.165, 1.54) is 15.8 Å². The molecule has 2 heterocycles. The minimum absolute atomic E-state index is 0.106. The van der Waals surface area contributed by atoms with Crippen LogP contribution in [-0.2, 0) is 6.42 Å². The van der Waals surface area contributed by atoms with Crippen LogP contribution in [0.3, 0.4) is 0 Å². The van der Waals surface area contributed by atoms with Crippen molar-refractivity contribution in [1.82, 2.24) is 19.7 Å². The number of hydrogen-bond donors (Lipinski definition) is 2. The van der Waals surface area contributed by atoms with Gasteiger partial charge in [0.15, 0.2) is 0 Å². The highest BCUT2D eigenvalue weighted by Crippen LogP contribution is 2.34. The Morgan fingerprint density at radius 3 is 2.85 bits per heavy atom. The van der Waals surface area contributed by atoms with E-state index in [9.17, 15) is 4.79 Å². The molecule has 1 unspecified atom stereocenters. The Bertz CT molecular complexity index is 1180. The summed E-state index contributed by atoms with van der Waals surface area (Å²) < 4.78 is 1.19. The number of aromatic nitrogens is 4. The standard InChI is InChI=1S/C20H16ClN5O/c21-18-17(23-14-10-9-12-5-1-2-6-13(12)14)11-22-26(19(18)27)20-24-15-7-3-4-8-16(15)25-20/h1-8,11,14,23H,9-10H2,(H,24,25). The number of aryl methyl sites for hydroxylation is 1. The lowest BCUT2D eigenvalue weighted by molar-refractivity contribution is 0.743. The predicted molar refractivity (Wildman–Crippen MR) is 106 cm³/mol. The van der Waals surface area contributed by atoms with Crippen molar-refractivity contribution in [2.75, 3.05) is 5.32 Å². The molecular formula is C20H16ClN5O. The van der Waals surface area contributed by atoms with Crippen molar-refractivity contribution >= 4 is 28.3 Å². The van der Waals surface area contributed by atoms with Crippen LogP contribution in [-0.4, -0.2) is 19.7 Å². The fraction of sp³-hybridized carbons (Fsp3) is 0.150. The first-order valence-electron chi connectivity index (χ1n) is 8.78. The maximum Gasteiger partial charge on any atom is 0.295 e. The van der Waals surface area contributed by atoms with Crippen LogP contribution in [0.1, 0.15) is 23.6 Å². The summed E-state index contributed by atoms with van der Waals surface area (Å²) in [6.45, 7) is 0. The fourth-order valence-corrected chi connectivity index (χ4v) is 3.80. The van der Waals surface area contributed by atoms with Crippen LogP contribution < -0.4 is 10.9 Å². The maximum atomic E-state index is 12.8. The Balaban J connectivity index is 1.50. The van der Waals surface area contributed by atoms with Crippen molar-refractivity contribution in [1.29, 1.82) is 0 Å². The lowest BCUT2D eigenvalue weighted by Crippen LogP contribution is -2.24. The predicted octanol–water partition coefficient (Wildman–Crippen LogP) is 3.86. The van der Waals surface area contributed by atoms with Crippen LogP contribution in [0.15, 0.2) is 59.5 Å². The molecule has 0 saturated heterocycles. The molecule has 0 radical (unpaired) electrons. The van der Waals surface area contributed by atoms with Gasteiger partial charge in [-0.15, -0.1) is 0 Å². The average Bonchev–Trinajstić information content (AvgIpc) is 3.30. The molecule has 5 rings (SSSR count). The quantitative estimate of drug-likeness (QED) is 0.568. The van der Waals surface area contributed by atoms with Gasteiger partial charge in [0, 0.05) is 0 Å². The van der Waals surface area contributed by atoms with Crippen LogP contribution >= 0.6 is 11.6 Å². The molecule has 6 nitrogen and oxygen atoms in total. The first-order valence-corrected chi connectivity index (χ1v) is 9.16. The highest BCUT2D eigenvalue weighted by atomic mass is 35.5. The van der Waals surface area contributed by atoms with Gasteiger partial charge in [-0.2, -0.15) is 9.78 Å². The topological polar surface area (TPSA) is 75.6 Å². The van der Waals surface area contributed by atoms with Gasteiger partial charge in [0.1, 0.15) is 5.02 Å². The molecule has 1 atom stereocenters. The van der Waals surface area contributed by atoms with E-state index in [2.05, 4.69) is 32.5 Å². The molecule has 27 heavy (non-hydrogen) atoms. The number of anilines is 1. The second-order valence-electron chi connectivity index (χ2n) is 6.60. The number of para-hydroxylation sites is 2. The number of hydrogen-bond acceptors (Lipinski definition) is 4. The third kappa shape index (κ3) is 2.69. The van der Waals surface area contributed by atoms with Crippen molar-refractivity contribution < 1.29 is 0 Å². The van der Waals surface area contributed by atoms with Crippen LogP contribution in [0.2, 0.25) is 5.02 Å². The largest absolute Gasteiger partial charge is 0.376 e. The van der Waals surface area contributed by atoms with Gasteiger partial charge in [-0.1, -0.05) is 48.0 Å². The smallest absolute Gasteiger partial charge is 0.295 e. The van der Waals surface area contributed by atoms with E-state index in [1.807, 2.05) is 36.4 Å². The van der Waals surface area contributed by atoms with Crippen molar-refractivity contribution in [3.63, 3.8) is 0 Å². The molecule has 1 aliphatic rings. The Hall–Kier alpha value is -3.12. The molecule has 0 aliphatic heterocycles. The van der Waals surface area contributed by atoms with Gasteiger partial charge in [-0.25, -0.2) is 4.98 Å². The summed E-state index contributed by atoms with van der Waals surface area (Å²) in [5.74, 6) is 0.348. The molecular weight excluding hydrogens is 362 g/mol. The number of nitrogens with one attached hydrogen (secondary N) is 2. The van der Waals surface area contributed by atoms with Gasteiger partial charge >= 0.3 is 0 Å². The van der Waals surface area contributed by atoms with Crippen molar-refractivity contribution in [3.8, 4) is 5.95 Å². The van der Waals surface area contributed by atoms with Crippen molar-refractivity contribution in [2.45, 2.75) is 18.9 Å². The van der Waals surface area contributed by atoms with Crippen LogP contribution in [0.25, 0.3) is 17.0 Å². The molecule has 2 aromatic heterocycles. The highest BCUT2D eigenvalue weighted by molar-refractivity contribution is 6.33. The Morgan fingerprint density at radius 1 is 1.15 bits per heavy atom. The number of halogens is 1. The van der Waals surface area contributed by atoms with Gasteiger partial charge in [0.25, 0.3) is 5.56 Å². The number of rotatable bonds is 3. The fourth-order valence-electron chi connectivity index (χ4n) is 3.62. The summed E-state index contributed by atoms with van der Waals surface area (Å²) in [6, 6.07) is 16.0. The van der Waals surface area contributed by atoms with Gasteiger partial charge in [-0.3, -0.25) is 4.79 Å². The zero-order valence-electron chi connectivity index (χ0n) is 14.3. The molecule has 4 aromatic rings. The van der Waals surface area contributed by atoms with Gasteiger partial charge in [0.2, 0.25) is 5.95 Å². The van der Waals surface area contributed by atoms with E-state index in [4.69, 9.17) is 11.6 Å². The van der Waals surface area contributed by atoms with Crippen molar-refractivity contribution in [3.05, 3.63) is 81.2 Å². The molecule has 0 spiro atoms. The van der Waals surface area contributed by atoms with E-state index in [0.717, 1.165) is 23.9 Å². The molecule has 2 N–H and O–H groups in total. The van der Waals surface area contributed by atoms with Crippen LogP contribution in [0.4, 0.5) is 5.69 Å². The first kappa shape index (κ1) is 16.1. The average molecular weight is 378 g/mol. The summed E-state index contributed by atoms with van der Waals surface area (Å²) in [6.07, 6.45) is 3.55. The zero-order chi connectivity index (χ0) is 18.4. The third-order valence-corrected chi connectivity index (χ3v) is 5.32. The highest BCUT2D eigenvalue weighted by Gasteiger charge is 2.23. The monoisotopic (exact) mass is 377 g/mol. The van der Waals surface area contributed by atoms with Crippen LogP contribution in [0, 0.1) is 0 Å². The summed E-state index contributed by atoms with van der Waals surface area (Å²) in [5, 5.41) is 7.75. The summed E-state index contributed by atoms with van der Waals surface area (Å²) in [5.41, 5.74) is 4.30. The second-order valence-corrected chi connectivity index (χ2v) is 6.98. The molecule has 134 valence electrons. The molecule has 0 amide bonds. The summed E-state index contributed by atoms with van der Waals surface area (Å²) in [7, 11) is 0. The maximum absolute atomic E-state index is 12.8. The number of fused-ring (bicyclic) bond motifs is 2. The third-order valence-electron chi connectivity index (χ3n) is 4.96. The molecule has 0 bridgehead atoms. The van der Waals surface area contributed by atoms with E-state index in [1.54, 1.807) is 6.20 Å². The number of aromatic amines is 1. The Morgan fingerprint density at radius 2 is 1.96 bits per heavy atom. The lowest BCUT2D eigenvalue weighted by atomic mass is 10.1. The molecule has 2 aromatic carbocycles. The number of imidazole rings is 1. The van der Waals surface area contributed by atoms with E-state index >= 15 is 0 Å². The lowest BCUT2D eigenvalue weighted by Gasteiger charge is -2.16. The second kappa shape index (κ2) is 6.25. The minimum Gasteiger partial charge on any atom is -0.376 e. The molecule has 7 heteroatoms. The van der Waals surface area contributed by atoms with Crippen molar-refractivity contribution in [2.24, 2.45) is 0 Å². The Kier molecular flexibility index (Phi) is 3.72. The SMILES string of the molecule is O=c1c(Cl)c(NC2CCc3ccccc32)cnn1-c1nc2ccccc2[nH]1. The molecule has 0 fully saturated rings. The van der Waals surface area contributed by atoms with E-state index < -0.39 is 5.56 Å². The van der Waals surface area contributed by atoms with E-state index in [-0.39, 0.29) is 11.1 Å². The molecule has 1 aliphatic carbocycles. The normalized spacial score (nSPS) is 15.8. The minimum atomic E-state index is -0.410. The zero-order valence-corrected chi connectivity index (χ0v) is 15.1. The number of benzene rings is 2. The number of H-pyrrole nitrogens is 1. The van der Waals surface area contributed by atoms with E-state index in [0.29, 0.717) is 11.6 Å².